The lowest BCUT2D eigenvalue weighted by molar-refractivity contribution is 0.0221. The Morgan fingerprint density at radius 2 is 2.06 bits per heavy atom. The number of halogens is 2. The summed E-state index contributed by atoms with van der Waals surface area (Å²) >= 11 is 7.11. The van der Waals surface area contributed by atoms with Crippen molar-refractivity contribution >= 4 is 31.9 Å². The molecule has 1 atom stereocenters. The zero-order valence-electron chi connectivity index (χ0n) is 9.16. The van der Waals surface area contributed by atoms with Crippen LogP contribution >= 0.6 is 31.9 Å². The Morgan fingerprint density at radius 3 is 2.62 bits per heavy atom. The molecule has 0 bridgehead atoms. The molecule has 3 heteroatoms. The van der Waals surface area contributed by atoms with E-state index in [1.807, 2.05) is 6.07 Å². The van der Waals surface area contributed by atoms with E-state index >= 15 is 0 Å². The molecule has 1 aliphatic carbocycles. The molecule has 2 rings (SSSR count). The standard InChI is InChI=1S/C13H16Br2O/c14-8-13(16-9-10-4-3-5-10)11-6-1-2-7-12(11)15/h1-2,6-7,10,13H,3-5,8-9H2. The first kappa shape index (κ1) is 12.6. The quantitative estimate of drug-likeness (QED) is 0.701. The first-order chi connectivity index (χ1) is 7.81. The smallest absolute Gasteiger partial charge is 0.0932 e. The lowest BCUT2D eigenvalue weighted by Gasteiger charge is -2.27. The minimum absolute atomic E-state index is 0.163. The predicted octanol–water partition coefficient (Wildman–Crippen LogP) is 4.70. The van der Waals surface area contributed by atoms with Gasteiger partial charge in [-0.25, -0.2) is 0 Å². The van der Waals surface area contributed by atoms with Gasteiger partial charge in [0.1, 0.15) is 0 Å². The van der Waals surface area contributed by atoms with Crippen LogP contribution in [0.5, 0.6) is 0 Å². The van der Waals surface area contributed by atoms with Crippen LogP contribution in [0.25, 0.3) is 0 Å². The Balaban J connectivity index is 1.95. The highest BCUT2D eigenvalue weighted by atomic mass is 79.9. The number of hydrogen-bond donors (Lipinski definition) is 0. The van der Waals surface area contributed by atoms with E-state index in [1.54, 1.807) is 0 Å². The second-order valence-corrected chi connectivity index (χ2v) is 5.80. The van der Waals surface area contributed by atoms with Gasteiger partial charge in [0, 0.05) is 9.80 Å². The van der Waals surface area contributed by atoms with Crippen LogP contribution in [-0.2, 0) is 4.74 Å². The molecule has 0 aromatic heterocycles. The topological polar surface area (TPSA) is 9.23 Å². The van der Waals surface area contributed by atoms with Gasteiger partial charge in [-0.2, -0.15) is 0 Å². The molecule has 1 nitrogen and oxygen atoms in total. The van der Waals surface area contributed by atoms with Crippen molar-refractivity contribution in [2.75, 3.05) is 11.9 Å². The fourth-order valence-electron chi connectivity index (χ4n) is 1.87. The number of benzene rings is 1. The molecule has 0 radical (unpaired) electrons. The van der Waals surface area contributed by atoms with Crippen molar-refractivity contribution in [3.8, 4) is 0 Å². The van der Waals surface area contributed by atoms with Crippen LogP contribution in [-0.4, -0.2) is 11.9 Å². The van der Waals surface area contributed by atoms with E-state index in [4.69, 9.17) is 4.74 Å². The SMILES string of the molecule is BrCC(OCC1CCC1)c1ccccc1Br. The van der Waals surface area contributed by atoms with Crippen molar-refractivity contribution in [3.63, 3.8) is 0 Å². The predicted molar refractivity (Wildman–Crippen MR) is 74.0 cm³/mol. The number of alkyl halides is 1. The van der Waals surface area contributed by atoms with Crippen LogP contribution < -0.4 is 0 Å². The molecule has 0 amide bonds. The molecule has 1 aromatic rings. The highest BCUT2D eigenvalue weighted by molar-refractivity contribution is 9.10. The summed E-state index contributed by atoms with van der Waals surface area (Å²) < 4.78 is 7.12. The van der Waals surface area contributed by atoms with Gasteiger partial charge in [0.15, 0.2) is 0 Å². The van der Waals surface area contributed by atoms with E-state index in [-0.39, 0.29) is 6.10 Å². The molecule has 1 fully saturated rings. The van der Waals surface area contributed by atoms with Crippen molar-refractivity contribution in [1.82, 2.24) is 0 Å². The average Bonchev–Trinajstić information content (AvgIpc) is 2.23. The molecule has 0 aliphatic heterocycles. The summed E-state index contributed by atoms with van der Waals surface area (Å²) in [5, 5.41) is 0.850. The third-order valence-corrected chi connectivity index (χ3v) is 4.46. The summed E-state index contributed by atoms with van der Waals surface area (Å²) in [6.07, 6.45) is 4.22. The maximum atomic E-state index is 5.99. The van der Waals surface area contributed by atoms with Crippen LogP contribution in [0, 0.1) is 5.92 Å². The molecule has 1 unspecified atom stereocenters. The number of hydrogen-bond acceptors (Lipinski definition) is 1. The van der Waals surface area contributed by atoms with Crippen molar-refractivity contribution in [2.24, 2.45) is 5.92 Å². The molecule has 88 valence electrons. The Labute approximate surface area is 114 Å². The molecular formula is C13H16Br2O. The van der Waals surface area contributed by atoms with E-state index < -0.39 is 0 Å². The van der Waals surface area contributed by atoms with Gasteiger partial charge < -0.3 is 4.74 Å². The molecule has 0 heterocycles. The van der Waals surface area contributed by atoms with Gasteiger partial charge in [0.05, 0.1) is 12.7 Å². The third-order valence-electron chi connectivity index (χ3n) is 3.15. The molecule has 16 heavy (non-hydrogen) atoms. The second-order valence-electron chi connectivity index (χ2n) is 4.29. The second kappa shape index (κ2) is 6.18. The van der Waals surface area contributed by atoms with Gasteiger partial charge in [-0.3, -0.25) is 0 Å². The van der Waals surface area contributed by atoms with Crippen LogP contribution in [0.1, 0.15) is 30.9 Å². The Hall–Kier alpha value is 0.140. The summed E-state index contributed by atoms with van der Waals surface area (Å²) in [4.78, 5) is 0. The van der Waals surface area contributed by atoms with Crippen LogP contribution in [0.4, 0.5) is 0 Å². The minimum Gasteiger partial charge on any atom is -0.372 e. The van der Waals surface area contributed by atoms with Gasteiger partial charge in [-0.1, -0.05) is 56.5 Å². The maximum Gasteiger partial charge on any atom is 0.0932 e. The van der Waals surface area contributed by atoms with Crippen molar-refractivity contribution in [2.45, 2.75) is 25.4 Å². The minimum atomic E-state index is 0.163. The average molecular weight is 348 g/mol. The van der Waals surface area contributed by atoms with Gasteiger partial charge in [0.25, 0.3) is 0 Å². The van der Waals surface area contributed by atoms with Gasteiger partial charge >= 0.3 is 0 Å². The monoisotopic (exact) mass is 346 g/mol. The molecule has 0 saturated heterocycles. The van der Waals surface area contributed by atoms with Gasteiger partial charge in [-0.05, 0) is 30.4 Å². The molecule has 0 N–H and O–H groups in total. The Kier molecular flexibility index (Phi) is 4.86. The zero-order valence-corrected chi connectivity index (χ0v) is 12.3. The van der Waals surface area contributed by atoms with E-state index in [1.165, 1.54) is 24.8 Å². The summed E-state index contributed by atoms with van der Waals surface area (Å²) in [5.41, 5.74) is 1.23. The van der Waals surface area contributed by atoms with Crippen LogP contribution in [0.3, 0.4) is 0 Å². The highest BCUT2D eigenvalue weighted by Gasteiger charge is 2.20. The van der Waals surface area contributed by atoms with Crippen LogP contribution in [0.2, 0.25) is 0 Å². The van der Waals surface area contributed by atoms with Crippen molar-refractivity contribution in [1.29, 1.82) is 0 Å². The molecule has 0 spiro atoms. The summed E-state index contributed by atoms with van der Waals surface area (Å²) in [5.74, 6) is 0.795. The molecule has 1 saturated carbocycles. The molecule has 1 aliphatic rings. The van der Waals surface area contributed by atoms with E-state index in [2.05, 4.69) is 50.1 Å². The van der Waals surface area contributed by atoms with E-state index in [0.29, 0.717) is 0 Å². The first-order valence-corrected chi connectivity index (χ1v) is 7.64. The summed E-state index contributed by atoms with van der Waals surface area (Å²) in [6, 6.07) is 8.28. The van der Waals surface area contributed by atoms with Crippen LogP contribution in [0.15, 0.2) is 28.7 Å². The fraction of sp³-hybridized carbons (Fsp3) is 0.538. The Morgan fingerprint density at radius 1 is 1.31 bits per heavy atom. The van der Waals surface area contributed by atoms with E-state index in [0.717, 1.165) is 22.3 Å². The van der Waals surface area contributed by atoms with Crippen molar-refractivity contribution in [3.05, 3.63) is 34.3 Å². The number of rotatable bonds is 5. The maximum absolute atomic E-state index is 5.99. The lowest BCUT2D eigenvalue weighted by atomic mass is 9.86. The van der Waals surface area contributed by atoms with Gasteiger partial charge in [0.2, 0.25) is 0 Å². The van der Waals surface area contributed by atoms with Crippen molar-refractivity contribution < 1.29 is 4.74 Å². The Bertz CT molecular complexity index is 336. The van der Waals surface area contributed by atoms with Gasteiger partial charge in [-0.15, -0.1) is 0 Å². The highest BCUT2D eigenvalue weighted by Crippen LogP contribution is 2.31. The molecular weight excluding hydrogens is 332 g/mol. The van der Waals surface area contributed by atoms with E-state index in [9.17, 15) is 0 Å². The largest absolute Gasteiger partial charge is 0.372 e. The fourth-order valence-corrected chi connectivity index (χ4v) is 2.94. The summed E-state index contributed by atoms with van der Waals surface area (Å²) in [7, 11) is 0. The summed E-state index contributed by atoms with van der Waals surface area (Å²) in [6.45, 7) is 0.900. The zero-order chi connectivity index (χ0) is 11.4. The number of ether oxygens (including phenoxy) is 1. The third kappa shape index (κ3) is 3.08. The first-order valence-electron chi connectivity index (χ1n) is 5.73. The molecule has 1 aromatic carbocycles. The normalized spacial score (nSPS) is 18.1. The lowest BCUT2D eigenvalue weighted by Crippen LogP contribution is -2.20.